The zero-order valence-corrected chi connectivity index (χ0v) is 8.83. The lowest BCUT2D eigenvalue weighted by atomic mass is 10.0. The van der Waals surface area contributed by atoms with Crippen LogP contribution in [0.2, 0.25) is 0 Å². The molecule has 1 aromatic carbocycles. The average molecular weight is 196 g/mol. The molecule has 3 nitrogen and oxygen atoms in total. The Labute approximate surface area is 84.3 Å². The van der Waals surface area contributed by atoms with E-state index in [0.717, 1.165) is 22.6 Å². The topological polar surface area (TPSA) is 38.7 Å². The van der Waals surface area contributed by atoms with Gasteiger partial charge in [0.2, 0.25) is 0 Å². The number of benzene rings is 1. The summed E-state index contributed by atoms with van der Waals surface area (Å²) >= 11 is 0. The Morgan fingerprint density at radius 2 is 1.71 bits per heavy atom. The Morgan fingerprint density at radius 3 is 2.21 bits per heavy atom. The summed E-state index contributed by atoms with van der Waals surface area (Å²) < 4.78 is 10.4. The molecule has 0 aliphatic heterocycles. The zero-order valence-electron chi connectivity index (χ0n) is 8.83. The molecule has 0 fully saturated rings. The van der Waals surface area contributed by atoms with E-state index in [9.17, 15) is 0 Å². The molecule has 0 unspecified atom stereocenters. The van der Waals surface area contributed by atoms with Gasteiger partial charge < -0.3 is 14.6 Å². The van der Waals surface area contributed by atoms with E-state index in [4.69, 9.17) is 14.6 Å². The van der Waals surface area contributed by atoms with Crippen molar-refractivity contribution < 1.29 is 14.6 Å². The molecular formula is C11H16O3. The van der Waals surface area contributed by atoms with E-state index < -0.39 is 0 Å². The lowest BCUT2D eigenvalue weighted by molar-refractivity contribution is 0.296. The van der Waals surface area contributed by atoms with Crippen LogP contribution in [0, 0.1) is 6.92 Å². The second kappa shape index (κ2) is 4.86. The number of methoxy groups -OCH3 is 2. The second-order valence-corrected chi connectivity index (χ2v) is 3.05. The van der Waals surface area contributed by atoms with Gasteiger partial charge in [-0.05, 0) is 31.0 Å². The molecular weight excluding hydrogens is 180 g/mol. The van der Waals surface area contributed by atoms with Crippen LogP contribution in [0.15, 0.2) is 12.1 Å². The summed E-state index contributed by atoms with van der Waals surface area (Å²) in [6.07, 6.45) is 0.589. The first-order valence-electron chi connectivity index (χ1n) is 4.56. The van der Waals surface area contributed by atoms with E-state index in [1.165, 1.54) is 0 Å². The SMILES string of the molecule is COc1ccc(OC)c(CCO)c1C. The fourth-order valence-corrected chi connectivity index (χ4v) is 1.55. The van der Waals surface area contributed by atoms with Gasteiger partial charge in [-0.15, -0.1) is 0 Å². The Bertz CT molecular complexity index is 308. The molecule has 0 atom stereocenters. The van der Waals surface area contributed by atoms with E-state index >= 15 is 0 Å². The van der Waals surface area contributed by atoms with Crippen LogP contribution in [-0.2, 0) is 6.42 Å². The fourth-order valence-electron chi connectivity index (χ4n) is 1.55. The molecule has 1 rings (SSSR count). The van der Waals surface area contributed by atoms with Crippen LogP contribution in [0.4, 0.5) is 0 Å². The Balaban J connectivity index is 3.16. The summed E-state index contributed by atoms with van der Waals surface area (Å²) in [5, 5.41) is 8.93. The van der Waals surface area contributed by atoms with Crippen LogP contribution in [0.1, 0.15) is 11.1 Å². The van der Waals surface area contributed by atoms with E-state index in [2.05, 4.69) is 0 Å². The van der Waals surface area contributed by atoms with Crippen LogP contribution in [0.25, 0.3) is 0 Å². The van der Waals surface area contributed by atoms with E-state index in [1.54, 1.807) is 14.2 Å². The third-order valence-corrected chi connectivity index (χ3v) is 2.31. The van der Waals surface area contributed by atoms with Crippen molar-refractivity contribution in [3.63, 3.8) is 0 Å². The summed E-state index contributed by atoms with van der Waals surface area (Å²) in [5.41, 5.74) is 2.04. The van der Waals surface area contributed by atoms with Gasteiger partial charge in [-0.2, -0.15) is 0 Å². The summed E-state index contributed by atoms with van der Waals surface area (Å²) in [7, 11) is 3.26. The highest BCUT2D eigenvalue weighted by molar-refractivity contribution is 5.48. The lowest BCUT2D eigenvalue weighted by Crippen LogP contribution is -2.00. The number of rotatable bonds is 4. The van der Waals surface area contributed by atoms with Gasteiger partial charge in [0.05, 0.1) is 14.2 Å². The predicted octanol–water partition coefficient (Wildman–Crippen LogP) is 1.55. The molecule has 1 N–H and O–H groups in total. The maximum atomic E-state index is 8.93. The monoisotopic (exact) mass is 196 g/mol. The normalized spacial score (nSPS) is 10.0. The van der Waals surface area contributed by atoms with Crippen LogP contribution in [0.3, 0.4) is 0 Å². The fraction of sp³-hybridized carbons (Fsp3) is 0.455. The van der Waals surface area contributed by atoms with Crippen molar-refractivity contribution in [2.24, 2.45) is 0 Å². The second-order valence-electron chi connectivity index (χ2n) is 3.05. The van der Waals surface area contributed by atoms with Crippen molar-refractivity contribution in [2.45, 2.75) is 13.3 Å². The zero-order chi connectivity index (χ0) is 10.6. The molecule has 1 aromatic rings. The quantitative estimate of drug-likeness (QED) is 0.794. The van der Waals surface area contributed by atoms with Crippen LogP contribution in [0.5, 0.6) is 11.5 Å². The number of hydrogen-bond acceptors (Lipinski definition) is 3. The standard InChI is InChI=1S/C11H16O3/c1-8-9(6-7-12)11(14-3)5-4-10(8)13-2/h4-5,12H,6-7H2,1-3H3. The van der Waals surface area contributed by atoms with E-state index in [0.29, 0.717) is 6.42 Å². The molecule has 0 radical (unpaired) electrons. The number of ether oxygens (including phenoxy) is 2. The van der Waals surface area contributed by atoms with Crippen LogP contribution < -0.4 is 9.47 Å². The van der Waals surface area contributed by atoms with Gasteiger partial charge >= 0.3 is 0 Å². The largest absolute Gasteiger partial charge is 0.496 e. The highest BCUT2D eigenvalue weighted by Crippen LogP contribution is 2.29. The maximum absolute atomic E-state index is 8.93. The minimum absolute atomic E-state index is 0.115. The Hall–Kier alpha value is -1.22. The van der Waals surface area contributed by atoms with E-state index in [1.807, 2.05) is 19.1 Å². The Kier molecular flexibility index (Phi) is 3.77. The number of aliphatic hydroxyl groups excluding tert-OH is 1. The third-order valence-electron chi connectivity index (χ3n) is 2.31. The molecule has 0 spiro atoms. The molecule has 78 valence electrons. The van der Waals surface area contributed by atoms with Crippen molar-refractivity contribution in [1.82, 2.24) is 0 Å². The minimum atomic E-state index is 0.115. The summed E-state index contributed by atoms with van der Waals surface area (Å²) in [4.78, 5) is 0. The number of aliphatic hydroxyl groups is 1. The molecule has 3 heteroatoms. The molecule has 0 bridgehead atoms. The smallest absolute Gasteiger partial charge is 0.122 e. The van der Waals surface area contributed by atoms with Crippen molar-refractivity contribution in [3.05, 3.63) is 23.3 Å². The van der Waals surface area contributed by atoms with Gasteiger partial charge in [0, 0.05) is 12.2 Å². The molecule has 0 heterocycles. The van der Waals surface area contributed by atoms with Crippen molar-refractivity contribution in [1.29, 1.82) is 0 Å². The van der Waals surface area contributed by atoms with Crippen molar-refractivity contribution >= 4 is 0 Å². The first-order valence-corrected chi connectivity index (χ1v) is 4.56. The summed E-state index contributed by atoms with van der Waals surface area (Å²) in [6.45, 7) is 2.08. The predicted molar refractivity (Wildman–Crippen MR) is 55.1 cm³/mol. The molecule has 0 amide bonds. The summed E-state index contributed by atoms with van der Waals surface area (Å²) in [5.74, 6) is 1.63. The molecule has 0 saturated heterocycles. The third kappa shape index (κ3) is 1.99. The highest BCUT2D eigenvalue weighted by Gasteiger charge is 2.09. The van der Waals surface area contributed by atoms with Crippen molar-refractivity contribution in [3.8, 4) is 11.5 Å². The van der Waals surface area contributed by atoms with Crippen LogP contribution in [-0.4, -0.2) is 25.9 Å². The van der Waals surface area contributed by atoms with Gasteiger partial charge in [0.1, 0.15) is 11.5 Å². The average Bonchev–Trinajstić information content (AvgIpc) is 2.21. The first kappa shape index (κ1) is 10.9. The molecule has 0 saturated carbocycles. The Morgan fingerprint density at radius 1 is 1.14 bits per heavy atom. The molecule has 0 aliphatic rings. The molecule has 14 heavy (non-hydrogen) atoms. The molecule has 0 aliphatic carbocycles. The summed E-state index contributed by atoms with van der Waals surface area (Å²) in [6, 6.07) is 3.73. The maximum Gasteiger partial charge on any atom is 0.122 e. The van der Waals surface area contributed by atoms with Gasteiger partial charge in [0.15, 0.2) is 0 Å². The van der Waals surface area contributed by atoms with Gasteiger partial charge in [0.25, 0.3) is 0 Å². The first-order chi connectivity index (χ1) is 6.74. The van der Waals surface area contributed by atoms with Gasteiger partial charge in [-0.1, -0.05) is 0 Å². The minimum Gasteiger partial charge on any atom is -0.496 e. The lowest BCUT2D eigenvalue weighted by Gasteiger charge is -2.13. The van der Waals surface area contributed by atoms with Gasteiger partial charge in [-0.25, -0.2) is 0 Å². The van der Waals surface area contributed by atoms with Crippen molar-refractivity contribution in [2.75, 3.05) is 20.8 Å². The van der Waals surface area contributed by atoms with Gasteiger partial charge in [-0.3, -0.25) is 0 Å². The van der Waals surface area contributed by atoms with E-state index in [-0.39, 0.29) is 6.61 Å². The highest BCUT2D eigenvalue weighted by atomic mass is 16.5. The number of hydrogen-bond donors (Lipinski definition) is 1. The van der Waals surface area contributed by atoms with Crippen LogP contribution >= 0.6 is 0 Å². The molecule has 0 aromatic heterocycles.